The molecule has 0 atom stereocenters. The standard InChI is InChI=1S/C10H14N2O.ClH/c1-8(2)6-12-10(13)9-4-3-5-11-7-9;/h3-5,7-8H,6H2,1-2H3,(H,12,13);1H. The van der Waals surface area contributed by atoms with Crippen LogP contribution in [0.15, 0.2) is 24.5 Å². The quantitative estimate of drug-likeness (QED) is 0.835. The molecule has 0 aliphatic rings. The zero-order valence-electron chi connectivity index (χ0n) is 8.36. The van der Waals surface area contributed by atoms with E-state index in [1.54, 1.807) is 24.5 Å². The molecule has 0 bridgehead atoms. The summed E-state index contributed by atoms with van der Waals surface area (Å²) in [4.78, 5) is 15.3. The van der Waals surface area contributed by atoms with Crippen LogP contribution in [0.3, 0.4) is 0 Å². The van der Waals surface area contributed by atoms with Gasteiger partial charge in [-0.3, -0.25) is 9.78 Å². The van der Waals surface area contributed by atoms with Crippen molar-refractivity contribution in [1.29, 1.82) is 0 Å². The zero-order valence-corrected chi connectivity index (χ0v) is 9.17. The number of nitrogens with one attached hydrogen (secondary N) is 1. The van der Waals surface area contributed by atoms with Crippen molar-refractivity contribution in [3.8, 4) is 0 Å². The molecule has 1 N–H and O–H groups in total. The summed E-state index contributed by atoms with van der Waals surface area (Å²) in [6, 6.07) is 3.51. The second-order valence-corrected chi connectivity index (χ2v) is 3.35. The molecule has 78 valence electrons. The van der Waals surface area contributed by atoms with Crippen LogP contribution in [0.25, 0.3) is 0 Å². The Morgan fingerprint density at radius 1 is 1.57 bits per heavy atom. The number of hydrogen-bond donors (Lipinski definition) is 1. The molecule has 1 amide bonds. The minimum atomic E-state index is -0.0539. The fourth-order valence-electron chi connectivity index (χ4n) is 0.896. The molecule has 1 rings (SSSR count). The van der Waals surface area contributed by atoms with E-state index in [1.165, 1.54) is 0 Å². The third kappa shape index (κ3) is 4.23. The largest absolute Gasteiger partial charge is 0.352 e. The molecule has 1 aromatic rings. The SMILES string of the molecule is CC(C)CNC(=O)c1cccnc1.Cl. The lowest BCUT2D eigenvalue weighted by Gasteiger charge is -2.06. The molecule has 0 saturated heterocycles. The van der Waals surface area contributed by atoms with Gasteiger partial charge in [-0.1, -0.05) is 13.8 Å². The van der Waals surface area contributed by atoms with Crippen LogP contribution < -0.4 is 5.32 Å². The highest BCUT2D eigenvalue weighted by atomic mass is 35.5. The lowest BCUT2D eigenvalue weighted by molar-refractivity contribution is 0.0948. The first-order valence-electron chi connectivity index (χ1n) is 4.38. The number of rotatable bonds is 3. The predicted molar refractivity (Wildman–Crippen MR) is 58.7 cm³/mol. The third-order valence-corrected chi connectivity index (χ3v) is 1.59. The third-order valence-electron chi connectivity index (χ3n) is 1.59. The average molecular weight is 215 g/mol. The summed E-state index contributed by atoms with van der Waals surface area (Å²) in [5, 5.41) is 2.82. The molecule has 0 aliphatic heterocycles. The number of amides is 1. The summed E-state index contributed by atoms with van der Waals surface area (Å²) < 4.78 is 0. The van der Waals surface area contributed by atoms with E-state index in [-0.39, 0.29) is 18.3 Å². The first-order chi connectivity index (χ1) is 6.20. The van der Waals surface area contributed by atoms with Crippen molar-refractivity contribution in [2.45, 2.75) is 13.8 Å². The highest BCUT2D eigenvalue weighted by molar-refractivity contribution is 5.93. The predicted octanol–water partition coefficient (Wildman–Crippen LogP) is 1.89. The first-order valence-corrected chi connectivity index (χ1v) is 4.38. The van der Waals surface area contributed by atoms with Crippen LogP contribution in [-0.2, 0) is 0 Å². The van der Waals surface area contributed by atoms with E-state index in [1.807, 2.05) is 0 Å². The van der Waals surface area contributed by atoms with Crippen LogP contribution in [-0.4, -0.2) is 17.4 Å². The normalized spacial score (nSPS) is 9.36. The molecule has 0 unspecified atom stereocenters. The van der Waals surface area contributed by atoms with E-state index in [2.05, 4.69) is 24.1 Å². The van der Waals surface area contributed by atoms with Crippen LogP contribution in [0.2, 0.25) is 0 Å². The second kappa shape index (κ2) is 6.38. The van der Waals surface area contributed by atoms with Crippen molar-refractivity contribution in [2.75, 3.05) is 6.54 Å². The van der Waals surface area contributed by atoms with Gasteiger partial charge in [-0.2, -0.15) is 0 Å². The van der Waals surface area contributed by atoms with E-state index in [0.29, 0.717) is 18.0 Å². The summed E-state index contributed by atoms with van der Waals surface area (Å²) in [6.45, 7) is 4.82. The Hall–Kier alpha value is -1.09. The fourth-order valence-corrected chi connectivity index (χ4v) is 0.896. The number of halogens is 1. The number of nitrogens with zero attached hydrogens (tertiary/aromatic N) is 1. The Morgan fingerprint density at radius 3 is 2.79 bits per heavy atom. The van der Waals surface area contributed by atoms with Gasteiger partial charge in [0.25, 0.3) is 5.91 Å². The van der Waals surface area contributed by atoms with Crippen molar-refractivity contribution in [3.05, 3.63) is 30.1 Å². The van der Waals surface area contributed by atoms with Gasteiger partial charge in [0.1, 0.15) is 0 Å². The van der Waals surface area contributed by atoms with Crippen LogP contribution in [0.4, 0.5) is 0 Å². The zero-order chi connectivity index (χ0) is 9.68. The molecular formula is C10H15ClN2O. The summed E-state index contributed by atoms with van der Waals surface area (Å²) in [5.74, 6) is 0.419. The minimum Gasteiger partial charge on any atom is -0.352 e. The maximum atomic E-state index is 11.4. The van der Waals surface area contributed by atoms with Crippen molar-refractivity contribution < 1.29 is 4.79 Å². The molecule has 1 aromatic heterocycles. The average Bonchev–Trinajstić information content (AvgIpc) is 2.15. The van der Waals surface area contributed by atoms with E-state index < -0.39 is 0 Å². The Morgan fingerprint density at radius 2 is 2.29 bits per heavy atom. The van der Waals surface area contributed by atoms with Gasteiger partial charge in [0.2, 0.25) is 0 Å². The Labute approximate surface area is 90.3 Å². The van der Waals surface area contributed by atoms with E-state index in [9.17, 15) is 4.79 Å². The highest BCUT2D eigenvalue weighted by Crippen LogP contribution is 1.96. The molecule has 14 heavy (non-hydrogen) atoms. The highest BCUT2D eigenvalue weighted by Gasteiger charge is 2.04. The first kappa shape index (κ1) is 12.9. The van der Waals surface area contributed by atoms with Crippen LogP contribution in [0, 0.1) is 5.92 Å². The molecule has 1 heterocycles. The van der Waals surface area contributed by atoms with Gasteiger partial charge >= 0.3 is 0 Å². The van der Waals surface area contributed by atoms with Gasteiger partial charge in [0.15, 0.2) is 0 Å². The maximum Gasteiger partial charge on any atom is 0.252 e. The van der Waals surface area contributed by atoms with Crippen LogP contribution in [0.5, 0.6) is 0 Å². The van der Waals surface area contributed by atoms with Gasteiger partial charge in [-0.05, 0) is 18.1 Å². The van der Waals surface area contributed by atoms with Gasteiger partial charge in [0, 0.05) is 18.9 Å². The van der Waals surface area contributed by atoms with Crippen molar-refractivity contribution >= 4 is 18.3 Å². The molecule has 0 aromatic carbocycles. The van der Waals surface area contributed by atoms with Crippen molar-refractivity contribution in [1.82, 2.24) is 10.3 Å². The molecule has 0 radical (unpaired) electrons. The van der Waals surface area contributed by atoms with Gasteiger partial charge in [-0.15, -0.1) is 12.4 Å². The van der Waals surface area contributed by atoms with Gasteiger partial charge in [-0.25, -0.2) is 0 Å². The molecule has 0 fully saturated rings. The summed E-state index contributed by atoms with van der Waals surface area (Å²) in [5.41, 5.74) is 0.614. The molecule has 4 heteroatoms. The Bertz CT molecular complexity index is 275. The van der Waals surface area contributed by atoms with E-state index in [0.717, 1.165) is 0 Å². The number of pyridine rings is 1. The van der Waals surface area contributed by atoms with Gasteiger partial charge < -0.3 is 5.32 Å². The van der Waals surface area contributed by atoms with Crippen LogP contribution >= 0.6 is 12.4 Å². The smallest absolute Gasteiger partial charge is 0.252 e. The van der Waals surface area contributed by atoms with Crippen molar-refractivity contribution in [3.63, 3.8) is 0 Å². The summed E-state index contributed by atoms with van der Waals surface area (Å²) >= 11 is 0. The summed E-state index contributed by atoms with van der Waals surface area (Å²) in [7, 11) is 0. The molecule has 0 spiro atoms. The van der Waals surface area contributed by atoms with Gasteiger partial charge in [0.05, 0.1) is 5.56 Å². The van der Waals surface area contributed by atoms with Crippen LogP contribution in [0.1, 0.15) is 24.2 Å². The molecule has 0 aliphatic carbocycles. The molecule has 3 nitrogen and oxygen atoms in total. The number of carbonyl (C=O) groups is 1. The Kier molecular flexibility index (Phi) is 5.88. The molecule has 0 saturated carbocycles. The van der Waals surface area contributed by atoms with E-state index in [4.69, 9.17) is 0 Å². The fraction of sp³-hybridized carbons (Fsp3) is 0.400. The monoisotopic (exact) mass is 214 g/mol. The van der Waals surface area contributed by atoms with Crippen molar-refractivity contribution in [2.24, 2.45) is 5.92 Å². The second-order valence-electron chi connectivity index (χ2n) is 3.35. The Balaban J connectivity index is 0.00000169. The number of hydrogen-bond acceptors (Lipinski definition) is 2. The minimum absolute atomic E-state index is 0. The lowest BCUT2D eigenvalue weighted by atomic mass is 10.2. The summed E-state index contributed by atoms with van der Waals surface area (Å²) in [6.07, 6.45) is 3.22. The topological polar surface area (TPSA) is 42.0 Å². The molecular weight excluding hydrogens is 200 g/mol. The number of carbonyl (C=O) groups excluding carboxylic acids is 1. The maximum absolute atomic E-state index is 11.4. The van der Waals surface area contributed by atoms with E-state index >= 15 is 0 Å². The lowest BCUT2D eigenvalue weighted by Crippen LogP contribution is -2.27. The number of aromatic nitrogens is 1.